The normalized spacial score (nSPS) is 18.6. The van der Waals surface area contributed by atoms with Crippen LogP contribution in [0.4, 0.5) is 13.2 Å². The first-order valence-corrected chi connectivity index (χ1v) is 15.9. The van der Waals surface area contributed by atoms with Gasteiger partial charge in [-0.3, -0.25) is 4.79 Å². The van der Waals surface area contributed by atoms with Gasteiger partial charge < -0.3 is 10.6 Å². The largest absolute Gasteiger partial charge is 0.416 e. The van der Waals surface area contributed by atoms with Crippen molar-refractivity contribution in [2.75, 3.05) is 6.54 Å². The molecule has 0 aliphatic heterocycles. The molecule has 10 heteroatoms. The Morgan fingerprint density at radius 2 is 1.71 bits per heavy atom. The zero-order chi connectivity index (χ0) is 29.9. The molecule has 3 aromatic rings. The second-order valence-electron chi connectivity index (χ2n) is 11.4. The highest BCUT2D eigenvalue weighted by molar-refractivity contribution is 7.89. The zero-order valence-corrected chi connectivity index (χ0v) is 24.3. The van der Waals surface area contributed by atoms with E-state index in [-0.39, 0.29) is 24.4 Å². The van der Waals surface area contributed by atoms with E-state index in [1.54, 1.807) is 30.3 Å². The van der Waals surface area contributed by atoms with Gasteiger partial charge in [0.1, 0.15) is 0 Å². The lowest BCUT2D eigenvalue weighted by molar-refractivity contribution is -0.137. The molecule has 0 saturated heterocycles. The maximum Gasteiger partial charge on any atom is 0.416 e. The Morgan fingerprint density at radius 3 is 2.43 bits per heavy atom. The first-order chi connectivity index (χ1) is 20.0. The van der Waals surface area contributed by atoms with Crippen molar-refractivity contribution >= 4 is 15.9 Å². The lowest BCUT2D eigenvalue weighted by Crippen LogP contribution is -2.36. The third-order valence-electron chi connectivity index (χ3n) is 8.09. The van der Waals surface area contributed by atoms with Crippen LogP contribution >= 0.6 is 0 Å². The van der Waals surface area contributed by atoms with E-state index in [1.807, 2.05) is 0 Å². The number of hydrogen-bond acceptors (Lipinski definition) is 4. The van der Waals surface area contributed by atoms with Gasteiger partial charge in [0, 0.05) is 12.5 Å². The molecule has 0 heterocycles. The monoisotopic (exact) mass is 599 g/mol. The molecule has 3 aromatic carbocycles. The zero-order valence-electron chi connectivity index (χ0n) is 23.5. The van der Waals surface area contributed by atoms with Crippen LogP contribution in [0.1, 0.15) is 85.0 Å². The smallest absolute Gasteiger partial charge is 0.349 e. The summed E-state index contributed by atoms with van der Waals surface area (Å²) < 4.78 is 68.6. The molecule has 0 radical (unpaired) electrons. The lowest BCUT2D eigenvalue weighted by Gasteiger charge is -2.28. The fraction of sp³-hybridized carbons (Fsp3) is 0.406. The van der Waals surface area contributed by atoms with E-state index in [0.29, 0.717) is 11.6 Å². The van der Waals surface area contributed by atoms with Crippen LogP contribution in [-0.2, 0) is 27.4 Å². The molecule has 0 spiro atoms. The van der Waals surface area contributed by atoms with E-state index < -0.39 is 32.7 Å². The average molecular weight is 600 g/mol. The number of nitrogens with one attached hydrogen (secondary N) is 3. The van der Waals surface area contributed by atoms with Crippen molar-refractivity contribution in [1.82, 2.24) is 15.4 Å². The summed E-state index contributed by atoms with van der Waals surface area (Å²) in [6.45, 7) is 3.19. The topological polar surface area (TPSA) is 87.3 Å². The van der Waals surface area contributed by atoms with E-state index in [2.05, 4.69) is 40.5 Å². The summed E-state index contributed by atoms with van der Waals surface area (Å²) in [5.41, 5.74) is 2.95. The third kappa shape index (κ3) is 7.59. The van der Waals surface area contributed by atoms with Gasteiger partial charge in [0.25, 0.3) is 0 Å². The molecular formula is C32H36F3N3O3S. The number of fused-ring (bicyclic) bond motifs is 1. The van der Waals surface area contributed by atoms with Gasteiger partial charge in [-0.25, -0.2) is 13.1 Å². The SMILES string of the molecule is CC(NCC1CC1)c1ccc2c(c1)CCC[C@H]2NC(=O)C[C@@H](NS(=O)(=O)c1cccc(C(F)(F)F)c1)c1ccccc1. The molecular weight excluding hydrogens is 563 g/mol. The minimum absolute atomic E-state index is 0.207. The number of carbonyl (C=O) groups is 1. The van der Waals surface area contributed by atoms with Crippen LogP contribution in [0, 0.1) is 5.92 Å². The number of aryl methyl sites for hydroxylation is 1. The number of benzene rings is 3. The Hall–Kier alpha value is -3.21. The Morgan fingerprint density at radius 1 is 0.952 bits per heavy atom. The maximum atomic E-state index is 13.3. The maximum absolute atomic E-state index is 13.3. The molecule has 224 valence electrons. The molecule has 1 saturated carbocycles. The highest BCUT2D eigenvalue weighted by atomic mass is 32.2. The number of carbonyl (C=O) groups excluding carboxylic acids is 1. The molecule has 1 fully saturated rings. The summed E-state index contributed by atoms with van der Waals surface area (Å²) in [6, 6.07) is 17.6. The van der Waals surface area contributed by atoms with Crippen LogP contribution in [0.15, 0.2) is 77.7 Å². The van der Waals surface area contributed by atoms with Gasteiger partial charge in [-0.2, -0.15) is 13.2 Å². The van der Waals surface area contributed by atoms with Gasteiger partial charge in [0.05, 0.1) is 22.5 Å². The number of sulfonamides is 1. The van der Waals surface area contributed by atoms with Gasteiger partial charge >= 0.3 is 6.18 Å². The molecule has 3 N–H and O–H groups in total. The molecule has 0 aromatic heterocycles. The highest BCUT2D eigenvalue weighted by Gasteiger charge is 2.33. The number of halogens is 3. The fourth-order valence-electron chi connectivity index (χ4n) is 5.48. The lowest BCUT2D eigenvalue weighted by atomic mass is 9.85. The van der Waals surface area contributed by atoms with Crippen LogP contribution in [0.25, 0.3) is 0 Å². The van der Waals surface area contributed by atoms with Gasteiger partial charge in [-0.1, -0.05) is 54.6 Å². The number of rotatable bonds is 11. The molecule has 2 aliphatic carbocycles. The minimum atomic E-state index is -4.69. The molecule has 1 amide bonds. The van der Waals surface area contributed by atoms with E-state index in [0.717, 1.165) is 55.5 Å². The second-order valence-corrected chi connectivity index (χ2v) is 13.1. The van der Waals surface area contributed by atoms with Crippen molar-refractivity contribution in [3.63, 3.8) is 0 Å². The first kappa shape index (κ1) is 30.3. The quantitative estimate of drug-likeness (QED) is 0.239. The van der Waals surface area contributed by atoms with Crippen LogP contribution in [0.3, 0.4) is 0 Å². The van der Waals surface area contributed by atoms with Crippen LogP contribution in [0.2, 0.25) is 0 Å². The third-order valence-corrected chi connectivity index (χ3v) is 9.56. The second kappa shape index (κ2) is 12.6. The van der Waals surface area contributed by atoms with E-state index in [4.69, 9.17) is 0 Å². The van der Waals surface area contributed by atoms with Crippen LogP contribution in [-0.4, -0.2) is 20.9 Å². The summed E-state index contributed by atoms with van der Waals surface area (Å²) in [7, 11) is -4.37. The summed E-state index contributed by atoms with van der Waals surface area (Å²) in [6.07, 6.45) is 0.288. The summed E-state index contributed by atoms with van der Waals surface area (Å²) in [5, 5.41) is 6.70. The van der Waals surface area contributed by atoms with Crippen molar-refractivity contribution in [3.05, 3.63) is 101 Å². The van der Waals surface area contributed by atoms with Crippen molar-refractivity contribution in [2.24, 2.45) is 5.92 Å². The summed E-state index contributed by atoms with van der Waals surface area (Å²) in [4.78, 5) is 12.8. The van der Waals surface area contributed by atoms with Crippen molar-refractivity contribution in [3.8, 4) is 0 Å². The molecule has 6 nitrogen and oxygen atoms in total. The Bertz CT molecular complexity index is 1510. The van der Waals surface area contributed by atoms with Crippen LogP contribution < -0.4 is 15.4 Å². The number of amides is 1. The van der Waals surface area contributed by atoms with Crippen LogP contribution in [0.5, 0.6) is 0 Å². The van der Waals surface area contributed by atoms with Gasteiger partial charge in [0.2, 0.25) is 15.9 Å². The molecule has 42 heavy (non-hydrogen) atoms. The van der Waals surface area contributed by atoms with Gasteiger partial charge in [0.15, 0.2) is 0 Å². The summed E-state index contributed by atoms with van der Waals surface area (Å²) in [5.74, 6) is 0.441. The van der Waals surface area contributed by atoms with Crippen molar-refractivity contribution < 1.29 is 26.4 Å². The Kier molecular flexibility index (Phi) is 9.05. The number of alkyl halides is 3. The summed E-state index contributed by atoms with van der Waals surface area (Å²) >= 11 is 0. The highest BCUT2D eigenvalue weighted by Crippen LogP contribution is 2.34. The Labute approximate surface area is 245 Å². The number of hydrogen-bond donors (Lipinski definition) is 3. The van der Waals surface area contributed by atoms with E-state index in [9.17, 15) is 26.4 Å². The standard InChI is InChI=1S/C32H36F3N3O3S/c1-21(36-20-22-13-14-22)24-15-16-28-25(17-24)9-5-12-29(28)37-31(39)19-30(23-7-3-2-4-8-23)38-42(40,41)27-11-6-10-26(18-27)32(33,34)35/h2-4,6-8,10-11,15-18,21-22,29-30,36,38H,5,9,12-14,19-20H2,1H3,(H,37,39)/t21?,29-,30-/m1/s1. The van der Waals surface area contributed by atoms with Gasteiger partial charge in [-0.15, -0.1) is 0 Å². The molecule has 3 atom stereocenters. The first-order valence-electron chi connectivity index (χ1n) is 14.4. The van der Waals surface area contributed by atoms with Crippen molar-refractivity contribution in [2.45, 2.75) is 74.6 Å². The Balaban J connectivity index is 1.30. The minimum Gasteiger partial charge on any atom is -0.349 e. The fourth-order valence-corrected chi connectivity index (χ4v) is 6.75. The van der Waals surface area contributed by atoms with Gasteiger partial charge in [-0.05, 0) is 91.9 Å². The average Bonchev–Trinajstić information content (AvgIpc) is 3.80. The van der Waals surface area contributed by atoms with E-state index in [1.165, 1.54) is 24.0 Å². The predicted octanol–water partition coefficient (Wildman–Crippen LogP) is 6.37. The van der Waals surface area contributed by atoms with E-state index >= 15 is 0 Å². The molecule has 0 bridgehead atoms. The van der Waals surface area contributed by atoms with Crippen molar-refractivity contribution in [1.29, 1.82) is 0 Å². The molecule has 1 unspecified atom stereocenters. The molecule has 5 rings (SSSR count). The predicted molar refractivity (Wildman–Crippen MR) is 155 cm³/mol. The molecule has 2 aliphatic rings.